The SMILES string of the molecule is NC1CCCn2c(-c3ccc(O)cc3)nc(Cl)c21. The number of benzene rings is 1. The maximum Gasteiger partial charge on any atom is 0.152 e. The Balaban J connectivity index is 2.13. The molecule has 0 fully saturated rings. The summed E-state index contributed by atoms with van der Waals surface area (Å²) in [6.45, 7) is 0.888. The van der Waals surface area contributed by atoms with Gasteiger partial charge in [0.1, 0.15) is 11.6 Å². The summed E-state index contributed by atoms with van der Waals surface area (Å²) in [4.78, 5) is 4.41. The summed E-state index contributed by atoms with van der Waals surface area (Å²) in [6.07, 6.45) is 1.98. The number of nitrogens with zero attached hydrogens (tertiary/aromatic N) is 2. The van der Waals surface area contributed by atoms with Crippen molar-refractivity contribution in [1.82, 2.24) is 9.55 Å². The number of nitrogens with two attached hydrogens (primary N) is 1. The summed E-state index contributed by atoms with van der Waals surface area (Å²) in [5.41, 5.74) is 7.94. The van der Waals surface area contributed by atoms with Crippen LogP contribution in [-0.4, -0.2) is 14.7 Å². The normalized spacial score (nSPS) is 18.7. The Morgan fingerprint density at radius 2 is 2.06 bits per heavy atom. The number of halogens is 1. The maximum atomic E-state index is 9.32. The molecule has 0 aliphatic carbocycles. The van der Waals surface area contributed by atoms with E-state index in [0.717, 1.165) is 36.5 Å². The van der Waals surface area contributed by atoms with Crippen LogP contribution < -0.4 is 5.73 Å². The molecule has 1 aliphatic rings. The van der Waals surface area contributed by atoms with Gasteiger partial charge >= 0.3 is 0 Å². The maximum absolute atomic E-state index is 9.32. The van der Waals surface area contributed by atoms with Gasteiger partial charge in [-0.25, -0.2) is 4.98 Å². The van der Waals surface area contributed by atoms with E-state index in [2.05, 4.69) is 9.55 Å². The van der Waals surface area contributed by atoms with Crippen LogP contribution in [0.5, 0.6) is 5.75 Å². The molecule has 0 saturated carbocycles. The molecule has 1 aromatic heterocycles. The third-order valence-corrected chi connectivity index (χ3v) is 3.61. The molecule has 2 aromatic rings. The fourth-order valence-electron chi connectivity index (χ4n) is 2.45. The summed E-state index contributed by atoms with van der Waals surface area (Å²) in [5.74, 6) is 1.07. The smallest absolute Gasteiger partial charge is 0.152 e. The quantitative estimate of drug-likeness (QED) is 0.831. The van der Waals surface area contributed by atoms with Crippen LogP contribution in [0.25, 0.3) is 11.4 Å². The first-order valence-electron chi connectivity index (χ1n) is 5.97. The highest BCUT2D eigenvalue weighted by Crippen LogP contribution is 2.34. The molecule has 0 amide bonds. The first-order chi connectivity index (χ1) is 8.66. The predicted octanol–water partition coefficient (Wildman–Crippen LogP) is 2.70. The molecule has 1 aliphatic heterocycles. The Morgan fingerprint density at radius 1 is 1.33 bits per heavy atom. The van der Waals surface area contributed by atoms with Crippen molar-refractivity contribution in [1.29, 1.82) is 0 Å². The van der Waals surface area contributed by atoms with Crippen LogP contribution in [0.2, 0.25) is 5.15 Å². The largest absolute Gasteiger partial charge is 0.508 e. The van der Waals surface area contributed by atoms with Crippen molar-refractivity contribution in [3.63, 3.8) is 0 Å². The van der Waals surface area contributed by atoms with Gasteiger partial charge in [-0.05, 0) is 37.1 Å². The minimum Gasteiger partial charge on any atom is -0.508 e. The number of imidazole rings is 1. The average Bonchev–Trinajstić information content (AvgIpc) is 2.69. The van der Waals surface area contributed by atoms with Crippen LogP contribution in [0.1, 0.15) is 24.6 Å². The third kappa shape index (κ3) is 1.78. The minimum atomic E-state index is -0.0374. The molecule has 0 radical (unpaired) electrons. The molecule has 1 atom stereocenters. The van der Waals surface area contributed by atoms with Crippen molar-refractivity contribution >= 4 is 11.6 Å². The van der Waals surface area contributed by atoms with Gasteiger partial charge in [-0.1, -0.05) is 11.6 Å². The van der Waals surface area contributed by atoms with E-state index in [1.54, 1.807) is 12.1 Å². The first kappa shape index (κ1) is 11.6. The fraction of sp³-hybridized carbons (Fsp3) is 0.308. The van der Waals surface area contributed by atoms with Gasteiger partial charge < -0.3 is 15.4 Å². The summed E-state index contributed by atoms with van der Waals surface area (Å²) in [7, 11) is 0. The van der Waals surface area contributed by atoms with Gasteiger partial charge in [-0.3, -0.25) is 0 Å². The number of fused-ring (bicyclic) bond motifs is 1. The number of aromatic hydroxyl groups is 1. The highest BCUT2D eigenvalue weighted by Gasteiger charge is 2.25. The Bertz CT molecular complexity index is 577. The van der Waals surface area contributed by atoms with Crippen LogP contribution in [-0.2, 0) is 6.54 Å². The lowest BCUT2D eigenvalue weighted by Crippen LogP contribution is -2.21. The van der Waals surface area contributed by atoms with Crippen LogP contribution in [0, 0.1) is 0 Å². The second-order valence-electron chi connectivity index (χ2n) is 4.56. The molecular weight excluding hydrogens is 250 g/mol. The van der Waals surface area contributed by atoms with Crippen molar-refractivity contribution in [2.45, 2.75) is 25.4 Å². The molecule has 2 heterocycles. The van der Waals surface area contributed by atoms with E-state index in [9.17, 15) is 5.11 Å². The van der Waals surface area contributed by atoms with Crippen molar-refractivity contribution in [3.05, 3.63) is 35.1 Å². The Morgan fingerprint density at radius 3 is 2.78 bits per heavy atom. The van der Waals surface area contributed by atoms with Gasteiger partial charge in [0.2, 0.25) is 0 Å². The summed E-state index contributed by atoms with van der Waals surface area (Å²) in [6, 6.07) is 6.92. The van der Waals surface area contributed by atoms with Crippen LogP contribution >= 0.6 is 11.6 Å². The highest BCUT2D eigenvalue weighted by molar-refractivity contribution is 6.30. The Kier molecular flexibility index (Phi) is 2.76. The zero-order chi connectivity index (χ0) is 12.7. The molecule has 0 bridgehead atoms. The molecule has 94 valence electrons. The molecule has 3 N–H and O–H groups in total. The molecular formula is C13H14ClN3O. The first-order valence-corrected chi connectivity index (χ1v) is 6.35. The lowest BCUT2D eigenvalue weighted by atomic mass is 10.1. The zero-order valence-electron chi connectivity index (χ0n) is 9.81. The summed E-state index contributed by atoms with van der Waals surface area (Å²) < 4.78 is 2.09. The minimum absolute atomic E-state index is 0.0374. The molecule has 5 heteroatoms. The monoisotopic (exact) mass is 263 g/mol. The predicted molar refractivity (Wildman–Crippen MR) is 70.5 cm³/mol. The van der Waals surface area contributed by atoms with E-state index < -0.39 is 0 Å². The Hall–Kier alpha value is -1.52. The van der Waals surface area contributed by atoms with Crippen molar-refractivity contribution < 1.29 is 5.11 Å². The van der Waals surface area contributed by atoms with Crippen molar-refractivity contribution in [2.24, 2.45) is 5.73 Å². The number of hydrogen-bond donors (Lipinski definition) is 2. The van der Waals surface area contributed by atoms with Crippen LogP contribution in [0.3, 0.4) is 0 Å². The van der Waals surface area contributed by atoms with E-state index in [-0.39, 0.29) is 11.8 Å². The lowest BCUT2D eigenvalue weighted by Gasteiger charge is -2.22. The second kappa shape index (κ2) is 4.30. The fourth-order valence-corrected chi connectivity index (χ4v) is 2.77. The molecule has 3 rings (SSSR count). The Labute approximate surface area is 110 Å². The van der Waals surface area contributed by atoms with Gasteiger partial charge in [0.15, 0.2) is 5.15 Å². The van der Waals surface area contributed by atoms with E-state index in [0.29, 0.717) is 5.15 Å². The van der Waals surface area contributed by atoms with E-state index in [1.807, 2.05) is 12.1 Å². The topological polar surface area (TPSA) is 64.1 Å². The molecule has 4 nitrogen and oxygen atoms in total. The van der Waals surface area contributed by atoms with Gasteiger partial charge in [0.05, 0.1) is 5.69 Å². The van der Waals surface area contributed by atoms with E-state index in [1.165, 1.54) is 0 Å². The number of phenolic OH excluding ortho intramolecular Hbond substituents is 1. The summed E-state index contributed by atoms with van der Waals surface area (Å²) >= 11 is 6.18. The van der Waals surface area contributed by atoms with Crippen LogP contribution in [0.4, 0.5) is 0 Å². The highest BCUT2D eigenvalue weighted by atomic mass is 35.5. The lowest BCUT2D eigenvalue weighted by molar-refractivity contribution is 0.466. The van der Waals surface area contributed by atoms with Crippen molar-refractivity contribution in [3.8, 4) is 17.1 Å². The third-order valence-electron chi connectivity index (χ3n) is 3.34. The van der Waals surface area contributed by atoms with Gasteiger partial charge in [0, 0.05) is 18.2 Å². The second-order valence-corrected chi connectivity index (χ2v) is 4.92. The van der Waals surface area contributed by atoms with Crippen LogP contribution in [0.15, 0.2) is 24.3 Å². The van der Waals surface area contributed by atoms with Gasteiger partial charge in [0.25, 0.3) is 0 Å². The number of phenols is 1. The van der Waals surface area contributed by atoms with E-state index >= 15 is 0 Å². The van der Waals surface area contributed by atoms with Gasteiger partial charge in [-0.15, -0.1) is 0 Å². The number of aromatic nitrogens is 2. The number of rotatable bonds is 1. The van der Waals surface area contributed by atoms with E-state index in [4.69, 9.17) is 17.3 Å². The standard InChI is InChI=1S/C13H14ClN3O/c14-12-11-10(15)2-1-7-17(11)13(16-12)8-3-5-9(18)6-4-8/h3-6,10,18H,1-2,7,15H2. The molecule has 0 saturated heterocycles. The van der Waals surface area contributed by atoms with Crippen molar-refractivity contribution in [2.75, 3.05) is 0 Å². The molecule has 1 unspecified atom stereocenters. The van der Waals surface area contributed by atoms with Gasteiger partial charge in [-0.2, -0.15) is 0 Å². The molecule has 0 spiro atoms. The summed E-state index contributed by atoms with van der Waals surface area (Å²) in [5, 5.41) is 9.81. The average molecular weight is 264 g/mol. The molecule has 1 aromatic carbocycles. The molecule has 18 heavy (non-hydrogen) atoms. The zero-order valence-corrected chi connectivity index (χ0v) is 10.6. The number of hydrogen-bond acceptors (Lipinski definition) is 3.